The third-order valence-electron chi connectivity index (χ3n) is 4.59. The molecule has 0 aromatic carbocycles. The summed E-state index contributed by atoms with van der Waals surface area (Å²) in [5.41, 5.74) is 1.33. The number of carbonyl (C=O) groups is 1. The minimum Gasteiger partial charge on any atom is -0.335 e. The van der Waals surface area contributed by atoms with Gasteiger partial charge in [-0.2, -0.15) is 0 Å². The number of amides is 1. The van der Waals surface area contributed by atoms with Crippen LogP contribution in [0.4, 0.5) is 0 Å². The van der Waals surface area contributed by atoms with Gasteiger partial charge in [0.1, 0.15) is 5.65 Å². The molecule has 0 N–H and O–H groups in total. The SMILES string of the molecule is CCCCN(C(=O)/C=C/c1c(Cl)nc2ccccn12)[C@@H]1CCS(=O)(=O)C1. The minimum absolute atomic E-state index is 0.0483. The molecule has 2 aromatic heterocycles. The Balaban J connectivity index is 1.82. The normalized spacial score (nSPS) is 19.4. The monoisotopic (exact) mass is 395 g/mol. The fourth-order valence-electron chi connectivity index (χ4n) is 3.20. The smallest absolute Gasteiger partial charge is 0.246 e. The van der Waals surface area contributed by atoms with Crippen LogP contribution in [-0.4, -0.2) is 52.7 Å². The van der Waals surface area contributed by atoms with E-state index in [1.165, 1.54) is 6.08 Å². The van der Waals surface area contributed by atoms with Crippen molar-refractivity contribution >= 4 is 39.1 Å². The van der Waals surface area contributed by atoms with Gasteiger partial charge < -0.3 is 4.90 Å². The molecule has 1 saturated heterocycles. The highest BCUT2D eigenvalue weighted by Crippen LogP contribution is 2.21. The van der Waals surface area contributed by atoms with E-state index in [0.29, 0.717) is 29.5 Å². The Morgan fingerprint density at radius 3 is 2.96 bits per heavy atom. The molecule has 6 nitrogen and oxygen atoms in total. The predicted octanol–water partition coefficient (Wildman–Crippen LogP) is 2.82. The number of pyridine rings is 1. The lowest BCUT2D eigenvalue weighted by molar-refractivity contribution is -0.127. The van der Waals surface area contributed by atoms with Gasteiger partial charge in [0.05, 0.1) is 17.2 Å². The van der Waals surface area contributed by atoms with Crippen LogP contribution in [0.2, 0.25) is 5.15 Å². The van der Waals surface area contributed by atoms with Crippen molar-refractivity contribution in [3.05, 3.63) is 41.3 Å². The Morgan fingerprint density at radius 1 is 1.46 bits per heavy atom. The van der Waals surface area contributed by atoms with Crippen molar-refractivity contribution in [3.8, 4) is 0 Å². The van der Waals surface area contributed by atoms with E-state index in [-0.39, 0.29) is 23.5 Å². The molecule has 0 unspecified atom stereocenters. The summed E-state index contributed by atoms with van der Waals surface area (Å²) in [6.45, 7) is 2.60. The molecule has 8 heteroatoms. The predicted molar refractivity (Wildman–Crippen MR) is 103 cm³/mol. The van der Waals surface area contributed by atoms with Crippen molar-refractivity contribution in [1.82, 2.24) is 14.3 Å². The van der Waals surface area contributed by atoms with E-state index in [0.717, 1.165) is 12.8 Å². The van der Waals surface area contributed by atoms with Crippen molar-refractivity contribution in [2.75, 3.05) is 18.1 Å². The molecule has 0 bridgehead atoms. The summed E-state index contributed by atoms with van der Waals surface area (Å²) >= 11 is 6.19. The number of hydrogen-bond donors (Lipinski definition) is 0. The Morgan fingerprint density at radius 2 is 2.27 bits per heavy atom. The molecule has 0 aliphatic carbocycles. The van der Waals surface area contributed by atoms with Crippen LogP contribution in [0.3, 0.4) is 0 Å². The third-order valence-corrected chi connectivity index (χ3v) is 6.62. The molecule has 1 amide bonds. The quantitative estimate of drug-likeness (QED) is 0.705. The largest absolute Gasteiger partial charge is 0.335 e. The van der Waals surface area contributed by atoms with Gasteiger partial charge in [0.15, 0.2) is 15.0 Å². The van der Waals surface area contributed by atoms with Crippen LogP contribution in [0, 0.1) is 0 Å². The zero-order valence-electron chi connectivity index (χ0n) is 14.6. The van der Waals surface area contributed by atoms with Gasteiger partial charge in [0.25, 0.3) is 0 Å². The lowest BCUT2D eigenvalue weighted by Gasteiger charge is -2.27. The van der Waals surface area contributed by atoms with Crippen LogP contribution >= 0.6 is 11.6 Å². The van der Waals surface area contributed by atoms with Gasteiger partial charge in [-0.05, 0) is 31.1 Å². The summed E-state index contributed by atoms with van der Waals surface area (Å²) in [4.78, 5) is 18.7. The van der Waals surface area contributed by atoms with E-state index in [2.05, 4.69) is 4.98 Å². The molecule has 3 rings (SSSR count). The second-order valence-corrected chi connectivity index (χ2v) is 9.08. The Labute approximate surface area is 158 Å². The number of carbonyl (C=O) groups excluding carboxylic acids is 1. The van der Waals surface area contributed by atoms with E-state index < -0.39 is 9.84 Å². The van der Waals surface area contributed by atoms with E-state index in [4.69, 9.17) is 11.6 Å². The number of halogens is 1. The van der Waals surface area contributed by atoms with Crippen LogP contribution in [-0.2, 0) is 14.6 Å². The lowest BCUT2D eigenvalue weighted by Crippen LogP contribution is -2.40. The number of sulfone groups is 1. The molecule has 0 radical (unpaired) electrons. The van der Waals surface area contributed by atoms with Gasteiger partial charge >= 0.3 is 0 Å². The zero-order valence-corrected chi connectivity index (χ0v) is 16.2. The maximum Gasteiger partial charge on any atom is 0.246 e. The average Bonchev–Trinajstić information content (AvgIpc) is 3.12. The fourth-order valence-corrected chi connectivity index (χ4v) is 5.17. The number of fused-ring (bicyclic) bond motifs is 1. The second kappa shape index (κ2) is 7.80. The van der Waals surface area contributed by atoms with Gasteiger partial charge in [-0.15, -0.1) is 0 Å². The first-order valence-corrected chi connectivity index (χ1v) is 10.9. The molecule has 1 atom stereocenters. The van der Waals surface area contributed by atoms with E-state index in [1.54, 1.807) is 11.0 Å². The third kappa shape index (κ3) is 4.10. The summed E-state index contributed by atoms with van der Waals surface area (Å²) in [6, 6.07) is 5.31. The van der Waals surface area contributed by atoms with Crippen molar-refractivity contribution in [2.45, 2.75) is 32.2 Å². The molecular weight excluding hydrogens is 374 g/mol. The molecule has 2 aromatic rings. The summed E-state index contributed by atoms with van der Waals surface area (Å²) in [5.74, 6) is 0.00533. The maximum atomic E-state index is 12.8. The average molecular weight is 396 g/mol. The topological polar surface area (TPSA) is 71.8 Å². The molecule has 1 aliphatic heterocycles. The Hall–Kier alpha value is -1.86. The number of imidazole rings is 1. The van der Waals surface area contributed by atoms with Crippen LogP contribution < -0.4 is 0 Å². The summed E-state index contributed by atoms with van der Waals surface area (Å²) < 4.78 is 25.4. The first-order chi connectivity index (χ1) is 12.4. The molecule has 140 valence electrons. The van der Waals surface area contributed by atoms with Gasteiger partial charge in [0.2, 0.25) is 5.91 Å². The zero-order chi connectivity index (χ0) is 18.7. The van der Waals surface area contributed by atoms with Crippen molar-refractivity contribution < 1.29 is 13.2 Å². The van der Waals surface area contributed by atoms with Gasteiger partial charge in [0, 0.05) is 24.9 Å². The van der Waals surface area contributed by atoms with Crippen LogP contribution in [0.5, 0.6) is 0 Å². The number of hydrogen-bond acceptors (Lipinski definition) is 4. The van der Waals surface area contributed by atoms with Gasteiger partial charge in [-0.1, -0.05) is 31.0 Å². The van der Waals surface area contributed by atoms with Crippen molar-refractivity contribution in [1.29, 1.82) is 0 Å². The highest BCUT2D eigenvalue weighted by atomic mass is 35.5. The highest BCUT2D eigenvalue weighted by Gasteiger charge is 2.33. The van der Waals surface area contributed by atoms with Crippen LogP contribution in [0.25, 0.3) is 11.7 Å². The summed E-state index contributed by atoms with van der Waals surface area (Å²) in [7, 11) is -3.05. The standard InChI is InChI=1S/C18H22ClN3O3S/c1-2-3-10-21(14-9-12-26(24,25)13-14)17(23)8-7-15-18(19)20-16-6-4-5-11-22(15)16/h4-8,11,14H,2-3,9-10,12-13H2,1H3/b8-7+/t14-/m1/s1. The molecule has 26 heavy (non-hydrogen) atoms. The van der Waals surface area contributed by atoms with Gasteiger partial charge in [-0.25, -0.2) is 13.4 Å². The fraction of sp³-hybridized carbons (Fsp3) is 0.444. The first-order valence-electron chi connectivity index (χ1n) is 8.73. The van der Waals surface area contributed by atoms with Crippen molar-refractivity contribution in [2.24, 2.45) is 0 Å². The molecule has 0 saturated carbocycles. The molecule has 1 fully saturated rings. The van der Waals surface area contributed by atoms with E-state index in [1.807, 2.05) is 35.7 Å². The number of rotatable bonds is 6. The Bertz CT molecular complexity index is 936. The number of unbranched alkanes of at least 4 members (excludes halogenated alkanes) is 1. The minimum atomic E-state index is -3.05. The molecule has 3 heterocycles. The number of aromatic nitrogens is 2. The van der Waals surface area contributed by atoms with Crippen molar-refractivity contribution in [3.63, 3.8) is 0 Å². The van der Waals surface area contributed by atoms with E-state index in [9.17, 15) is 13.2 Å². The van der Waals surface area contributed by atoms with Gasteiger partial charge in [-0.3, -0.25) is 9.20 Å². The van der Waals surface area contributed by atoms with Crippen LogP contribution in [0.15, 0.2) is 30.5 Å². The summed E-state index contributed by atoms with van der Waals surface area (Å²) in [5, 5.41) is 0.323. The number of nitrogens with zero attached hydrogens (tertiary/aromatic N) is 3. The molecular formula is C18H22ClN3O3S. The second-order valence-electron chi connectivity index (χ2n) is 6.49. The maximum absolute atomic E-state index is 12.8. The summed E-state index contributed by atoms with van der Waals surface area (Å²) in [6.07, 6.45) is 7.22. The lowest BCUT2D eigenvalue weighted by atomic mass is 10.2. The van der Waals surface area contributed by atoms with Crippen LogP contribution in [0.1, 0.15) is 31.9 Å². The Kier molecular flexibility index (Phi) is 5.67. The highest BCUT2D eigenvalue weighted by molar-refractivity contribution is 7.91. The van der Waals surface area contributed by atoms with E-state index >= 15 is 0 Å². The molecule has 1 aliphatic rings. The first kappa shape index (κ1) is 18.9. The molecule has 0 spiro atoms.